The maximum Gasteiger partial charge on any atom is 0.306 e. The average Bonchev–Trinajstić information content (AvgIpc) is 2.38. The number of amides is 1. The zero-order valence-electron chi connectivity index (χ0n) is 5.89. The van der Waals surface area contributed by atoms with Gasteiger partial charge in [-0.2, -0.15) is 0 Å². The Morgan fingerprint density at radius 3 is 3.20 bits per heavy atom. The second kappa shape index (κ2) is 3.20. The summed E-state index contributed by atoms with van der Waals surface area (Å²) in [4.78, 5) is 14.7. The molecule has 4 heteroatoms. The SMILES string of the molecule is CCNC(=O)C1=NCCO1. The number of nitrogens with one attached hydrogen (secondary N) is 1. The third-order valence-corrected chi connectivity index (χ3v) is 1.12. The van der Waals surface area contributed by atoms with Crippen molar-refractivity contribution in [2.24, 2.45) is 4.99 Å². The molecular formula is C6H10N2O2. The fourth-order valence-corrected chi connectivity index (χ4v) is 0.709. The lowest BCUT2D eigenvalue weighted by atomic mass is 10.5. The van der Waals surface area contributed by atoms with E-state index in [9.17, 15) is 4.79 Å². The molecule has 1 N–H and O–H groups in total. The van der Waals surface area contributed by atoms with Gasteiger partial charge in [0.25, 0.3) is 5.90 Å². The Bertz CT molecular complexity index is 165. The number of likely N-dealkylation sites (N-methyl/N-ethyl adjacent to an activating group) is 1. The molecule has 1 heterocycles. The van der Waals surface area contributed by atoms with Crippen molar-refractivity contribution in [1.82, 2.24) is 5.32 Å². The summed E-state index contributed by atoms with van der Waals surface area (Å²) in [6.07, 6.45) is 0. The van der Waals surface area contributed by atoms with Crippen LogP contribution in [0.5, 0.6) is 0 Å². The van der Waals surface area contributed by atoms with Gasteiger partial charge in [0.15, 0.2) is 0 Å². The van der Waals surface area contributed by atoms with Crippen molar-refractivity contribution < 1.29 is 9.53 Å². The van der Waals surface area contributed by atoms with E-state index >= 15 is 0 Å². The van der Waals surface area contributed by atoms with Crippen molar-refractivity contribution in [1.29, 1.82) is 0 Å². The summed E-state index contributed by atoms with van der Waals surface area (Å²) in [6, 6.07) is 0. The smallest absolute Gasteiger partial charge is 0.306 e. The summed E-state index contributed by atoms with van der Waals surface area (Å²) in [5.41, 5.74) is 0. The summed E-state index contributed by atoms with van der Waals surface area (Å²) in [5.74, 6) is 0.0156. The fourth-order valence-electron chi connectivity index (χ4n) is 0.709. The van der Waals surface area contributed by atoms with Gasteiger partial charge in [-0.1, -0.05) is 0 Å². The maximum absolute atomic E-state index is 10.9. The second-order valence-corrected chi connectivity index (χ2v) is 1.89. The molecular weight excluding hydrogens is 132 g/mol. The highest BCUT2D eigenvalue weighted by Gasteiger charge is 2.14. The van der Waals surface area contributed by atoms with E-state index in [0.29, 0.717) is 19.7 Å². The van der Waals surface area contributed by atoms with E-state index < -0.39 is 0 Å². The van der Waals surface area contributed by atoms with Gasteiger partial charge in [-0.3, -0.25) is 4.79 Å². The Balaban J connectivity index is 2.40. The number of carbonyl (C=O) groups is 1. The van der Waals surface area contributed by atoms with Crippen LogP contribution in [0.2, 0.25) is 0 Å². The quantitative estimate of drug-likeness (QED) is 0.567. The minimum absolute atomic E-state index is 0.208. The first kappa shape index (κ1) is 7.05. The Hall–Kier alpha value is -1.06. The molecule has 0 atom stereocenters. The van der Waals surface area contributed by atoms with Crippen molar-refractivity contribution in [3.63, 3.8) is 0 Å². The summed E-state index contributed by atoms with van der Waals surface area (Å²) >= 11 is 0. The van der Waals surface area contributed by atoms with Gasteiger partial charge < -0.3 is 10.1 Å². The van der Waals surface area contributed by atoms with E-state index in [1.54, 1.807) is 0 Å². The molecule has 10 heavy (non-hydrogen) atoms. The summed E-state index contributed by atoms with van der Waals surface area (Å²) in [5, 5.41) is 2.59. The van der Waals surface area contributed by atoms with Gasteiger partial charge in [0.2, 0.25) is 0 Å². The van der Waals surface area contributed by atoms with Crippen LogP contribution in [0.25, 0.3) is 0 Å². The number of ether oxygens (including phenoxy) is 1. The molecule has 1 rings (SSSR count). The van der Waals surface area contributed by atoms with Gasteiger partial charge in [-0.05, 0) is 6.92 Å². The fraction of sp³-hybridized carbons (Fsp3) is 0.667. The highest BCUT2D eigenvalue weighted by molar-refractivity contribution is 6.35. The van der Waals surface area contributed by atoms with E-state index in [1.807, 2.05) is 6.92 Å². The number of carbonyl (C=O) groups excluding carboxylic acids is 1. The van der Waals surface area contributed by atoms with Crippen LogP contribution in [0.15, 0.2) is 4.99 Å². The monoisotopic (exact) mass is 142 g/mol. The lowest BCUT2D eigenvalue weighted by Crippen LogP contribution is -2.30. The summed E-state index contributed by atoms with van der Waals surface area (Å²) in [6.45, 7) is 3.60. The van der Waals surface area contributed by atoms with Gasteiger partial charge in [-0.25, -0.2) is 4.99 Å². The minimum Gasteiger partial charge on any atom is -0.472 e. The normalized spacial score (nSPS) is 15.9. The summed E-state index contributed by atoms with van der Waals surface area (Å²) < 4.78 is 4.91. The van der Waals surface area contributed by atoms with Crippen LogP contribution in [0, 0.1) is 0 Å². The van der Waals surface area contributed by atoms with Gasteiger partial charge >= 0.3 is 5.91 Å². The highest BCUT2D eigenvalue weighted by atomic mass is 16.5. The number of aliphatic imine (C=N–C) groups is 1. The van der Waals surface area contributed by atoms with Crippen LogP contribution in [0.4, 0.5) is 0 Å². The Labute approximate surface area is 59.3 Å². The Kier molecular flexibility index (Phi) is 2.25. The molecule has 0 aromatic carbocycles. The lowest BCUT2D eigenvalue weighted by Gasteiger charge is -1.99. The molecule has 0 bridgehead atoms. The van der Waals surface area contributed by atoms with E-state index in [0.717, 1.165) is 0 Å². The van der Waals surface area contributed by atoms with Crippen molar-refractivity contribution in [2.45, 2.75) is 6.92 Å². The molecule has 0 saturated heterocycles. The number of rotatable bonds is 2. The molecule has 0 saturated carbocycles. The largest absolute Gasteiger partial charge is 0.472 e. The van der Waals surface area contributed by atoms with Gasteiger partial charge in [0.05, 0.1) is 6.54 Å². The molecule has 0 aromatic rings. The predicted molar refractivity (Wildman–Crippen MR) is 36.9 cm³/mol. The first-order valence-corrected chi connectivity index (χ1v) is 3.30. The number of hydrogen-bond acceptors (Lipinski definition) is 3. The number of nitrogens with zero attached hydrogens (tertiary/aromatic N) is 1. The highest BCUT2D eigenvalue weighted by Crippen LogP contribution is 1.92. The van der Waals surface area contributed by atoms with Crippen LogP contribution >= 0.6 is 0 Å². The minimum atomic E-state index is -0.208. The molecule has 0 unspecified atom stereocenters. The molecule has 0 aliphatic carbocycles. The second-order valence-electron chi connectivity index (χ2n) is 1.89. The van der Waals surface area contributed by atoms with E-state index in [-0.39, 0.29) is 11.8 Å². The lowest BCUT2D eigenvalue weighted by molar-refractivity contribution is -0.115. The van der Waals surface area contributed by atoms with Crippen LogP contribution in [-0.2, 0) is 9.53 Å². The van der Waals surface area contributed by atoms with Crippen molar-refractivity contribution in [3.05, 3.63) is 0 Å². The molecule has 0 aromatic heterocycles. The van der Waals surface area contributed by atoms with E-state index in [4.69, 9.17) is 4.74 Å². The Morgan fingerprint density at radius 1 is 1.90 bits per heavy atom. The third kappa shape index (κ3) is 1.46. The topological polar surface area (TPSA) is 50.7 Å². The molecule has 0 spiro atoms. The van der Waals surface area contributed by atoms with Crippen molar-refractivity contribution >= 4 is 11.8 Å². The van der Waals surface area contributed by atoms with Crippen LogP contribution in [0.1, 0.15) is 6.92 Å². The first-order chi connectivity index (χ1) is 4.84. The molecule has 1 aliphatic heterocycles. The maximum atomic E-state index is 10.9. The zero-order chi connectivity index (χ0) is 7.40. The predicted octanol–water partition coefficient (Wildman–Crippen LogP) is -0.449. The first-order valence-electron chi connectivity index (χ1n) is 3.30. The van der Waals surface area contributed by atoms with E-state index in [2.05, 4.69) is 10.3 Å². The molecule has 1 aliphatic rings. The molecule has 0 fully saturated rings. The number of hydrogen-bond donors (Lipinski definition) is 1. The van der Waals surface area contributed by atoms with Gasteiger partial charge in [0, 0.05) is 6.54 Å². The average molecular weight is 142 g/mol. The standard InChI is InChI=1S/C6H10N2O2/c1-2-7-5(9)6-8-3-4-10-6/h2-4H2,1H3,(H,7,9). The van der Waals surface area contributed by atoms with Crippen LogP contribution < -0.4 is 5.32 Å². The zero-order valence-corrected chi connectivity index (χ0v) is 5.89. The van der Waals surface area contributed by atoms with Gasteiger partial charge in [-0.15, -0.1) is 0 Å². The molecule has 4 nitrogen and oxygen atoms in total. The third-order valence-electron chi connectivity index (χ3n) is 1.12. The summed E-state index contributed by atoms with van der Waals surface area (Å²) in [7, 11) is 0. The molecule has 1 amide bonds. The Morgan fingerprint density at radius 2 is 2.70 bits per heavy atom. The molecule has 0 radical (unpaired) electrons. The van der Waals surface area contributed by atoms with Crippen molar-refractivity contribution in [3.8, 4) is 0 Å². The van der Waals surface area contributed by atoms with Crippen LogP contribution in [0.3, 0.4) is 0 Å². The molecule has 56 valence electrons. The van der Waals surface area contributed by atoms with Crippen LogP contribution in [-0.4, -0.2) is 31.5 Å². The van der Waals surface area contributed by atoms with Crippen molar-refractivity contribution in [2.75, 3.05) is 19.7 Å². The van der Waals surface area contributed by atoms with E-state index in [1.165, 1.54) is 0 Å². The van der Waals surface area contributed by atoms with Gasteiger partial charge in [0.1, 0.15) is 6.61 Å².